The second kappa shape index (κ2) is 7.82. The van der Waals surface area contributed by atoms with Crippen LogP contribution in [0.2, 0.25) is 0 Å². The molecule has 2 aromatic rings. The number of benzene rings is 2. The Bertz CT molecular complexity index is 853. The fraction of sp³-hybridized carbons (Fsp3) is 0.250. The Morgan fingerprint density at radius 3 is 1.89 bits per heavy atom. The molecular weight excluding hydrogens is 364 g/mol. The highest BCUT2D eigenvalue weighted by atomic mass is 19.2. The predicted octanol–water partition coefficient (Wildman–Crippen LogP) is 5.27. The van der Waals surface area contributed by atoms with Gasteiger partial charge in [0.15, 0.2) is 23.3 Å². The lowest BCUT2D eigenvalue weighted by molar-refractivity contribution is -0.148. The van der Waals surface area contributed by atoms with E-state index in [2.05, 4.69) is 0 Å². The van der Waals surface area contributed by atoms with Crippen molar-refractivity contribution < 1.29 is 31.8 Å². The molecule has 0 unspecified atom stereocenters. The van der Waals surface area contributed by atoms with Crippen LogP contribution < -0.4 is 4.74 Å². The van der Waals surface area contributed by atoms with Crippen LogP contribution in [0.5, 0.6) is 5.75 Å². The summed E-state index contributed by atoms with van der Waals surface area (Å²) in [5.41, 5.74) is -2.74. The lowest BCUT2D eigenvalue weighted by Gasteiger charge is -2.18. The maximum Gasteiger partial charge on any atom is 0.331 e. The average molecular weight is 382 g/mol. The third kappa shape index (κ3) is 4.67. The van der Waals surface area contributed by atoms with Crippen LogP contribution in [0.1, 0.15) is 26.3 Å². The highest BCUT2D eigenvalue weighted by Gasteiger charge is 2.25. The smallest absolute Gasteiger partial charge is 0.331 e. The molecule has 0 aliphatic heterocycles. The molecule has 0 saturated heterocycles. The molecule has 7 heteroatoms. The number of methoxy groups -OCH3 is 1. The molecule has 144 valence electrons. The summed E-state index contributed by atoms with van der Waals surface area (Å²) in [5, 5.41) is 0. The van der Waals surface area contributed by atoms with Gasteiger partial charge in [-0.1, -0.05) is 12.1 Å². The molecule has 0 aromatic heterocycles. The Kier molecular flexibility index (Phi) is 5.93. The number of esters is 1. The van der Waals surface area contributed by atoms with Gasteiger partial charge in [0.1, 0.15) is 11.4 Å². The summed E-state index contributed by atoms with van der Waals surface area (Å²) in [4.78, 5) is 11.6. The van der Waals surface area contributed by atoms with Gasteiger partial charge in [-0.25, -0.2) is 22.4 Å². The Morgan fingerprint density at radius 2 is 1.44 bits per heavy atom. The highest BCUT2D eigenvalue weighted by molar-refractivity contribution is 5.87. The van der Waals surface area contributed by atoms with E-state index in [1.165, 1.54) is 31.4 Å². The molecule has 0 heterocycles. The van der Waals surface area contributed by atoms with E-state index in [1.54, 1.807) is 20.8 Å². The van der Waals surface area contributed by atoms with Crippen molar-refractivity contribution in [3.8, 4) is 16.9 Å². The van der Waals surface area contributed by atoms with Crippen LogP contribution in [0.4, 0.5) is 17.6 Å². The van der Waals surface area contributed by atoms with Gasteiger partial charge < -0.3 is 9.47 Å². The number of carbonyl (C=O) groups is 1. The summed E-state index contributed by atoms with van der Waals surface area (Å²) in [5.74, 6) is -6.84. The van der Waals surface area contributed by atoms with Crippen molar-refractivity contribution in [2.75, 3.05) is 7.11 Å². The third-order valence-electron chi connectivity index (χ3n) is 3.47. The molecule has 0 N–H and O–H groups in total. The average Bonchev–Trinajstić information content (AvgIpc) is 2.59. The van der Waals surface area contributed by atoms with Crippen molar-refractivity contribution in [1.29, 1.82) is 0 Å². The molecule has 2 rings (SSSR count). The Balaban J connectivity index is 2.47. The van der Waals surface area contributed by atoms with E-state index in [0.717, 1.165) is 0 Å². The number of hydrogen-bond acceptors (Lipinski definition) is 3. The minimum absolute atomic E-state index is 0.0636. The molecule has 0 aliphatic carbocycles. The maximum absolute atomic E-state index is 14.4. The maximum atomic E-state index is 14.4. The Morgan fingerprint density at radius 1 is 0.926 bits per heavy atom. The lowest BCUT2D eigenvalue weighted by Crippen LogP contribution is -2.22. The molecule has 0 bridgehead atoms. The second-order valence-electron chi connectivity index (χ2n) is 6.64. The van der Waals surface area contributed by atoms with Crippen molar-refractivity contribution in [1.82, 2.24) is 0 Å². The topological polar surface area (TPSA) is 35.5 Å². The van der Waals surface area contributed by atoms with Gasteiger partial charge in [-0.05, 0) is 44.5 Å². The van der Waals surface area contributed by atoms with E-state index in [0.29, 0.717) is 17.9 Å². The van der Waals surface area contributed by atoms with Crippen LogP contribution in [0, 0.1) is 23.3 Å². The Labute approximate surface area is 154 Å². The summed E-state index contributed by atoms with van der Waals surface area (Å²) in [6.07, 6.45) is 1.35. The standard InChI is InChI=1S/C20H18F4O3/c1-20(2,3)27-14(25)10-9-13-16(21)18(23)15(19(24)17(13)22)11-5-7-12(26-4)8-6-11/h5-10H,1-4H3/b10-9+. The van der Waals surface area contributed by atoms with Gasteiger partial charge in [0, 0.05) is 6.08 Å². The van der Waals surface area contributed by atoms with Crippen LogP contribution in [0.25, 0.3) is 17.2 Å². The first-order valence-electron chi connectivity index (χ1n) is 7.96. The van der Waals surface area contributed by atoms with Gasteiger partial charge in [0.2, 0.25) is 0 Å². The van der Waals surface area contributed by atoms with E-state index in [4.69, 9.17) is 9.47 Å². The van der Waals surface area contributed by atoms with Crippen molar-refractivity contribution in [2.45, 2.75) is 26.4 Å². The Hall–Kier alpha value is -2.83. The molecule has 0 aliphatic rings. The number of rotatable bonds is 4. The van der Waals surface area contributed by atoms with Gasteiger partial charge >= 0.3 is 5.97 Å². The van der Waals surface area contributed by atoms with Gasteiger partial charge in [-0.2, -0.15) is 0 Å². The minimum Gasteiger partial charge on any atom is -0.497 e. The summed E-state index contributed by atoms with van der Waals surface area (Å²) in [6, 6.07) is 5.35. The summed E-state index contributed by atoms with van der Waals surface area (Å²) < 4.78 is 67.3. The number of halogens is 4. The van der Waals surface area contributed by atoms with E-state index in [1.807, 2.05) is 0 Å². The summed E-state index contributed by atoms with van der Waals surface area (Å²) >= 11 is 0. The number of hydrogen-bond donors (Lipinski definition) is 0. The van der Waals surface area contributed by atoms with Gasteiger partial charge in [-0.15, -0.1) is 0 Å². The summed E-state index contributed by atoms with van der Waals surface area (Å²) in [7, 11) is 1.40. The molecule has 27 heavy (non-hydrogen) atoms. The molecule has 0 atom stereocenters. The first-order valence-corrected chi connectivity index (χ1v) is 7.96. The van der Waals surface area contributed by atoms with Crippen molar-refractivity contribution in [2.24, 2.45) is 0 Å². The molecule has 0 spiro atoms. The zero-order chi connectivity index (χ0) is 20.4. The molecule has 0 radical (unpaired) electrons. The number of ether oxygens (including phenoxy) is 2. The third-order valence-corrected chi connectivity index (χ3v) is 3.47. The van der Waals surface area contributed by atoms with Crippen molar-refractivity contribution in [3.63, 3.8) is 0 Å². The van der Waals surface area contributed by atoms with E-state index in [9.17, 15) is 22.4 Å². The molecule has 0 amide bonds. The van der Waals surface area contributed by atoms with Gasteiger partial charge in [-0.3, -0.25) is 0 Å². The van der Waals surface area contributed by atoms with Crippen molar-refractivity contribution >= 4 is 12.0 Å². The van der Waals surface area contributed by atoms with Gasteiger partial charge in [0.05, 0.1) is 18.2 Å². The normalized spacial score (nSPS) is 11.7. The van der Waals surface area contributed by atoms with Crippen LogP contribution in [-0.2, 0) is 9.53 Å². The first kappa shape index (κ1) is 20.5. The summed E-state index contributed by atoms with van der Waals surface area (Å²) in [6.45, 7) is 4.80. The molecule has 0 fully saturated rings. The van der Waals surface area contributed by atoms with Crippen LogP contribution in [0.3, 0.4) is 0 Å². The van der Waals surface area contributed by atoms with E-state index in [-0.39, 0.29) is 5.56 Å². The monoisotopic (exact) mass is 382 g/mol. The minimum atomic E-state index is -1.61. The second-order valence-corrected chi connectivity index (χ2v) is 6.64. The van der Waals surface area contributed by atoms with Gasteiger partial charge in [0.25, 0.3) is 0 Å². The number of carbonyl (C=O) groups excluding carboxylic acids is 1. The quantitative estimate of drug-likeness (QED) is 0.313. The first-order chi connectivity index (χ1) is 12.5. The largest absolute Gasteiger partial charge is 0.497 e. The zero-order valence-electron chi connectivity index (χ0n) is 15.2. The predicted molar refractivity (Wildman–Crippen MR) is 93.1 cm³/mol. The SMILES string of the molecule is COc1ccc(-c2c(F)c(F)c(/C=C/C(=O)OC(C)(C)C)c(F)c2F)cc1. The molecular formula is C20H18F4O3. The van der Waals surface area contributed by atoms with E-state index < -0.39 is 46.0 Å². The van der Waals surface area contributed by atoms with Crippen LogP contribution in [0.15, 0.2) is 30.3 Å². The highest BCUT2D eigenvalue weighted by Crippen LogP contribution is 2.33. The zero-order valence-corrected chi connectivity index (χ0v) is 15.2. The molecule has 3 nitrogen and oxygen atoms in total. The fourth-order valence-corrected chi connectivity index (χ4v) is 2.29. The fourth-order valence-electron chi connectivity index (χ4n) is 2.29. The molecule has 2 aromatic carbocycles. The lowest BCUT2D eigenvalue weighted by atomic mass is 10.0. The van der Waals surface area contributed by atoms with Crippen LogP contribution >= 0.6 is 0 Å². The van der Waals surface area contributed by atoms with Crippen LogP contribution in [-0.4, -0.2) is 18.7 Å². The van der Waals surface area contributed by atoms with E-state index >= 15 is 0 Å². The van der Waals surface area contributed by atoms with Crippen molar-refractivity contribution in [3.05, 3.63) is 59.2 Å². The molecule has 0 saturated carbocycles.